The smallest absolute Gasteiger partial charge is 0.410 e. The number of benzene rings is 2. The molecule has 0 saturated heterocycles. The highest BCUT2D eigenvalue weighted by Crippen LogP contribution is 2.44. The Bertz CT molecular complexity index is 1070. The summed E-state index contributed by atoms with van der Waals surface area (Å²) in [5.74, 6) is 4.60. The van der Waals surface area contributed by atoms with E-state index >= 15 is 0 Å². The first-order valence-electron chi connectivity index (χ1n) is 11.1. The van der Waals surface area contributed by atoms with Crippen LogP contribution in [-0.4, -0.2) is 65.7 Å². The SMILES string of the molecule is O=C(O)CCC(=O)N1CC#CCN(C(=O)OCC2c3ccccc3-c3ccccc32)CCC1. The van der Waals surface area contributed by atoms with Gasteiger partial charge in [-0.05, 0) is 28.7 Å². The minimum Gasteiger partial charge on any atom is -0.481 e. The normalized spacial score (nSPS) is 15.3. The first kappa shape index (κ1) is 22.4. The van der Waals surface area contributed by atoms with E-state index in [2.05, 4.69) is 36.1 Å². The van der Waals surface area contributed by atoms with Gasteiger partial charge in [0.05, 0.1) is 19.5 Å². The van der Waals surface area contributed by atoms with E-state index < -0.39 is 12.1 Å². The molecule has 2 aromatic carbocycles. The Kier molecular flexibility index (Phi) is 6.94. The van der Waals surface area contributed by atoms with Gasteiger partial charge in [-0.3, -0.25) is 14.5 Å². The van der Waals surface area contributed by atoms with Crippen LogP contribution in [0.15, 0.2) is 48.5 Å². The van der Waals surface area contributed by atoms with Crippen molar-refractivity contribution < 1.29 is 24.2 Å². The number of nitrogens with zero attached hydrogens (tertiary/aromatic N) is 2. The molecule has 1 aliphatic carbocycles. The van der Waals surface area contributed by atoms with Crippen molar-refractivity contribution in [1.82, 2.24) is 9.80 Å². The van der Waals surface area contributed by atoms with Crippen molar-refractivity contribution in [2.24, 2.45) is 0 Å². The van der Waals surface area contributed by atoms with Crippen LogP contribution in [0.25, 0.3) is 11.1 Å². The van der Waals surface area contributed by atoms with E-state index in [0.29, 0.717) is 19.5 Å². The van der Waals surface area contributed by atoms with Crippen LogP contribution in [0.2, 0.25) is 0 Å². The molecule has 33 heavy (non-hydrogen) atoms. The van der Waals surface area contributed by atoms with Crippen LogP contribution < -0.4 is 0 Å². The minimum atomic E-state index is -1.000. The van der Waals surface area contributed by atoms with Crippen molar-refractivity contribution in [2.75, 3.05) is 32.8 Å². The maximum atomic E-state index is 12.8. The Balaban J connectivity index is 1.35. The van der Waals surface area contributed by atoms with Crippen molar-refractivity contribution >= 4 is 18.0 Å². The number of hydrogen-bond acceptors (Lipinski definition) is 4. The predicted octanol–water partition coefficient (Wildman–Crippen LogP) is 3.34. The summed E-state index contributed by atoms with van der Waals surface area (Å²) in [6.07, 6.45) is -0.106. The molecule has 0 bridgehead atoms. The van der Waals surface area contributed by atoms with Crippen molar-refractivity contribution in [3.63, 3.8) is 0 Å². The molecule has 2 aromatic rings. The molecule has 1 N–H and O–H groups in total. The number of fused-ring (bicyclic) bond motifs is 3. The van der Waals surface area contributed by atoms with Gasteiger partial charge in [-0.15, -0.1) is 0 Å². The quantitative estimate of drug-likeness (QED) is 0.712. The summed E-state index contributed by atoms with van der Waals surface area (Å²) in [6.45, 7) is 1.54. The van der Waals surface area contributed by atoms with Gasteiger partial charge in [0.25, 0.3) is 0 Å². The Morgan fingerprint density at radius 2 is 1.45 bits per heavy atom. The molecule has 0 atom stereocenters. The average molecular weight is 447 g/mol. The van der Waals surface area contributed by atoms with Crippen LogP contribution in [-0.2, 0) is 14.3 Å². The maximum Gasteiger partial charge on any atom is 0.410 e. The fourth-order valence-electron chi connectivity index (χ4n) is 4.34. The summed E-state index contributed by atoms with van der Waals surface area (Å²) in [5, 5.41) is 8.78. The fraction of sp³-hybridized carbons (Fsp3) is 0.346. The molecular weight excluding hydrogens is 420 g/mol. The molecule has 2 amide bonds. The zero-order valence-electron chi connectivity index (χ0n) is 18.3. The summed E-state index contributed by atoms with van der Waals surface area (Å²) in [4.78, 5) is 38.9. The molecule has 1 heterocycles. The summed E-state index contributed by atoms with van der Waals surface area (Å²) in [5.41, 5.74) is 4.67. The second-order valence-electron chi connectivity index (χ2n) is 8.14. The van der Waals surface area contributed by atoms with Gasteiger partial charge in [-0.1, -0.05) is 60.4 Å². The van der Waals surface area contributed by atoms with Gasteiger partial charge < -0.3 is 14.7 Å². The Morgan fingerprint density at radius 1 is 0.879 bits per heavy atom. The fourth-order valence-corrected chi connectivity index (χ4v) is 4.34. The molecule has 0 unspecified atom stereocenters. The standard InChI is InChI=1S/C26H26N2O5/c29-24(12-13-25(30)31)27-14-5-6-15-28(17-7-16-27)26(32)33-18-23-21-10-3-1-8-19(21)20-9-2-4-11-22(20)23/h1-4,8-11,23H,7,12-18H2,(H,30,31). The maximum absolute atomic E-state index is 12.8. The molecule has 7 heteroatoms. The van der Waals surface area contributed by atoms with E-state index in [1.165, 1.54) is 11.1 Å². The van der Waals surface area contributed by atoms with Crippen LogP contribution in [0.5, 0.6) is 0 Å². The highest BCUT2D eigenvalue weighted by molar-refractivity contribution is 5.81. The predicted molar refractivity (Wildman–Crippen MR) is 122 cm³/mol. The lowest BCUT2D eigenvalue weighted by Gasteiger charge is -2.23. The zero-order valence-corrected chi connectivity index (χ0v) is 18.3. The van der Waals surface area contributed by atoms with Crippen LogP contribution in [0.3, 0.4) is 0 Å². The number of amides is 2. The molecule has 0 aromatic heterocycles. The van der Waals surface area contributed by atoms with Crippen LogP contribution in [0.4, 0.5) is 4.79 Å². The number of carboxylic acid groups (broad SMARTS) is 1. The van der Waals surface area contributed by atoms with Crippen molar-refractivity contribution in [3.8, 4) is 23.0 Å². The van der Waals surface area contributed by atoms with Crippen LogP contribution >= 0.6 is 0 Å². The molecule has 0 saturated carbocycles. The molecule has 0 fully saturated rings. The lowest BCUT2D eigenvalue weighted by atomic mass is 9.98. The lowest BCUT2D eigenvalue weighted by Crippen LogP contribution is -2.36. The monoisotopic (exact) mass is 446 g/mol. The zero-order chi connectivity index (χ0) is 23.2. The molecule has 2 aliphatic rings. The number of ether oxygens (including phenoxy) is 1. The summed E-state index contributed by atoms with van der Waals surface area (Å²) < 4.78 is 5.73. The number of carbonyl (C=O) groups is 3. The van der Waals surface area contributed by atoms with Gasteiger partial charge in [0, 0.05) is 25.4 Å². The van der Waals surface area contributed by atoms with Gasteiger partial charge in [-0.25, -0.2) is 4.79 Å². The molecule has 170 valence electrons. The number of rotatable bonds is 5. The molecule has 0 spiro atoms. The van der Waals surface area contributed by atoms with E-state index in [1.54, 1.807) is 9.80 Å². The summed E-state index contributed by atoms with van der Waals surface area (Å²) in [7, 11) is 0. The average Bonchev–Trinajstić information content (AvgIpc) is 3.20. The van der Waals surface area contributed by atoms with Gasteiger partial charge >= 0.3 is 12.1 Å². The lowest BCUT2D eigenvalue weighted by molar-refractivity contribution is -0.140. The number of carboxylic acids is 1. The first-order chi connectivity index (χ1) is 16.0. The summed E-state index contributed by atoms with van der Waals surface area (Å²) >= 11 is 0. The third-order valence-electron chi connectivity index (χ3n) is 6.02. The molecule has 0 radical (unpaired) electrons. The van der Waals surface area contributed by atoms with Gasteiger partial charge in [0.1, 0.15) is 6.61 Å². The Labute approximate surface area is 192 Å². The topological polar surface area (TPSA) is 87.2 Å². The second kappa shape index (κ2) is 10.2. The Morgan fingerprint density at radius 3 is 2.09 bits per heavy atom. The second-order valence-corrected chi connectivity index (χ2v) is 8.14. The number of hydrogen-bond donors (Lipinski definition) is 1. The minimum absolute atomic E-state index is 0.00711. The number of carbonyl (C=O) groups excluding carboxylic acids is 2. The third kappa shape index (κ3) is 5.17. The first-order valence-corrected chi connectivity index (χ1v) is 11.1. The molecular formula is C26H26N2O5. The number of aliphatic carboxylic acids is 1. The van der Waals surface area contributed by atoms with E-state index in [0.717, 1.165) is 11.1 Å². The highest BCUT2D eigenvalue weighted by Gasteiger charge is 2.29. The summed E-state index contributed by atoms with van der Waals surface area (Å²) in [6, 6.07) is 16.4. The van der Waals surface area contributed by atoms with E-state index in [9.17, 15) is 14.4 Å². The van der Waals surface area contributed by atoms with Crippen LogP contribution in [0.1, 0.15) is 36.3 Å². The van der Waals surface area contributed by atoms with Crippen LogP contribution in [0, 0.1) is 11.8 Å². The van der Waals surface area contributed by atoms with E-state index in [1.807, 2.05) is 24.3 Å². The van der Waals surface area contributed by atoms with E-state index in [-0.39, 0.29) is 44.4 Å². The largest absolute Gasteiger partial charge is 0.481 e. The molecule has 4 rings (SSSR count). The van der Waals surface area contributed by atoms with Gasteiger partial charge in [0.2, 0.25) is 5.91 Å². The molecule has 7 nitrogen and oxygen atoms in total. The van der Waals surface area contributed by atoms with Gasteiger partial charge in [0.15, 0.2) is 0 Å². The van der Waals surface area contributed by atoms with Gasteiger partial charge in [-0.2, -0.15) is 0 Å². The highest BCUT2D eigenvalue weighted by atomic mass is 16.6. The van der Waals surface area contributed by atoms with E-state index in [4.69, 9.17) is 9.84 Å². The van der Waals surface area contributed by atoms with Crippen molar-refractivity contribution in [1.29, 1.82) is 0 Å². The van der Waals surface area contributed by atoms with Crippen molar-refractivity contribution in [3.05, 3.63) is 59.7 Å². The Hall–Kier alpha value is -3.79. The molecule has 1 aliphatic heterocycles. The van der Waals surface area contributed by atoms with Crippen molar-refractivity contribution in [2.45, 2.75) is 25.2 Å². The third-order valence-corrected chi connectivity index (χ3v) is 6.02.